The second-order valence-electron chi connectivity index (χ2n) is 8.64. The van der Waals surface area contributed by atoms with Crippen LogP contribution in [0.4, 0.5) is 16.2 Å². The molecule has 3 aromatic carbocycles. The van der Waals surface area contributed by atoms with Crippen molar-refractivity contribution < 1.29 is 33.8 Å². The molecule has 1 fully saturated rings. The van der Waals surface area contributed by atoms with Crippen molar-refractivity contribution in [2.24, 2.45) is 0 Å². The number of barbiturate groups is 1. The van der Waals surface area contributed by atoms with Crippen molar-refractivity contribution in [1.29, 1.82) is 0 Å². The Morgan fingerprint density at radius 3 is 2.44 bits per heavy atom. The Morgan fingerprint density at radius 2 is 1.77 bits per heavy atom. The number of amides is 5. The van der Waals surface area contributed by atoms with Gasteiger partial charge in [-0.25, -0.2) is 9.69 Å². The number of urea groups is 1. The lowest BCUT2D eigenvalue weighted by Crippen LogP contribution is -2.54. The monoisotopic (exact) mass is 549 g/mol. The number of hydrogen-bond donors (Lipinski definition) is 3. The van der Waals surface area contributed by atoms with Gasteiger partial charge in [-0.15, -0.1) is 0 Å². The zero-order valence-corrected chi connectivity index (χ0v) is 22.0. The summed E-state index contributed by atoms with van der Waals surface area (Å²) in [7, 11) is 1.37. The third-order valence-corrected chi connectivity index (χ3v) is 6.19. The van der Waals surface area contributed by atoms with Crippen LogP contribution in [0.5, 0.6) is 17.2 Å². The van der Waals surface area contributed by atoms with Crippen LogP contribution in [0.25, 0.3) is 6.08 Å². The zero-order chi connectivity index (χ0) is 28.3. The summed E-state index contributed by atoms with van der Waals surface area (Å²) in [6, 6.07) is 12.8. The number of halogens is 1. The largest absolute Gasteiger partial charge is 0.508 e. The first-order chi connectivity index (χ1) is 18.6. The molecule has 0 aliphatic carbocycles. The number of benzene rings is 3. The van der Waals surface area contributed by atoms with Crippen LogP contribution in [0.2, 0.25) is 5.02 Å². The molecule has 0 unspecified atom stereocenters. The SMILES string of the molecule is COc1cc(/C=C2/C(=O)NC(=O)N(c3ccc(O)cc3)C2=O)cc(Cl)c1OCC(=O)Nc1ccc(C)c(C)c1. The fourth-order valence-electron chi connectivity index (χ4n) is 3.78. The number of aromatic hydroxyl groups is 1. The number of rotatable bonds is 7. The quantitative estimate of drug-likeness (QED) is 0.294. The normalized spacial score (nSPS) is 14.3. The lowest BCUT2D eigenvalue weighted by molar-refractivity contribution is -0.122. The van der Waals surface area contributed by atoms with E-state index in [0.29, 0.717) is 11.3 Å². The van der Waals surface area contributed by atoms with Gasteiger partial charge in [0.05, 0.1) is 17.8 Å². The number of phenols is 1. The number of carbonyl (C=O) groups is 4. The minimum Gasteiger partial charge on any atom is -0.508 e. The van der Waals surface area contributed by atoms with Gasteiger partial charge in [0.1, 0.15) is 11.3 Å². The number of phenolic OH excluding ortho intramolecular Hbond substituents is 1. The van der Waals surface area contributed by atoms with Crippen molar-refractivity contribution >= 4 is 52.8 Å². The molecule has 1 aliphatic rings. The van der Waals surface area contributed by atoms with Gasteiger partial charge in [-0.05, 0) is 85.1 Å². The standard InChI is InChI=1S/C28H24ClN3O7/c1-15-4-5-18(10-16(15)2)30-24(34)14-39-25-22(29)12-17(13-23(25)38-3)11-21-26(35)31-28(37)32(27(21)36)19-6-8-20(33)9-7-19/h4-13,33H,14H2,1-3H3,(H,30,34)(H,31,35,37)/b21-11-. The molecule has 0 aromatic heterocycles. The summed E-state index contributed by atoms with van der Waals surface area (Å²) in [4.78, 5) is 51.2. The molecule has 10 nitrogen and oxygen atoms in total. The van der Waals surface area contributed by atoms with E-state index in [1.807, 2.05) is 26.0 Å². The molecule has 1 heterocycles. The lowest BCUT2D eigenvalue weighted by Gasteiger charge is -2.26. The number of nitrogens with one attached hydrogen (secondary N) is 2. The van der Waals surface area contributed by atoms with E-state index in [9.17, 15) is 24.3 Å². The van der Waals surface area contributed by atoms with Gasteiger partial charge in [-0.1, -0.05) is 17.7 Å². The summed E-state index contributed by atoms with van der Waals surface area (Å²) in [6.07, 6.45) is 1.25. The Hall–Kier alpha value is -4.83. The highest BCUT2D eigenvalue weighted by Crippen LogP contribution is 2.37. The minimum atomic E-state index is -0.925. The van der Waals surface area contributed by atoms with Crippen molar-refractivity contribution in [1.82, 2.24) is 5.32 Å². The van der Waals surface area contributed by atoms with E-state index < -0.39 is 23.8 Å². The number of imide groups is 2. The second-order valence-corrected chi connectivity index (χ2v) is 9.05. The highest BCUT2D eigenvalue weighted by molar-refractivity contribution is 6.39. The number of anilines is 2. The highest BCUT2D eigenvalue weighted by Gasteiger charge is 2.37. The summed E-state index contributed by atoms with van der Waals surface area (Å²) in [6.45, 7) is 3.56. The highest BCUT2D eigenvalue weighted by atomic mass is 35.5. The minimum absolute atomic E-state index is 0.0535. The van der Waals surface area contributed by atoms with Crippen LogP contribution in [0, 0.1) is 13.8 Å². The molecule has 0 bridgehead atoms. The van der Waals surface area contributed by atoms with Crippen LogP contribution in [0.15, 0.2) is 60.2 Å². The third-order valence-electron chi connectivity index (χ3n) is 5.91. The number of hydrogen-bond acceptors (Lipinski definition) is 7. The molecule has 0 atom stereocenters. The number of carbonyl (C=O) groups excluding carboxylic acids is 4. The predicted octanol–water partition coefficient (Wildman–Crippen LogP) is 4.35. The van der Waals surface area contributed by atoms with Crippen LogP contribution in [0.1, 0.15) is 16.7 Å². The van der Waals surface area contributed by atoms with Crippen LogP contribution < -0.4 is 25.0 Å². The van der Waals surface area contributed by atoms with E-state index in [4.69, 9.17) is 21.1 Å². The van der Waals surface area contributed by atoms with Gasteiger partial charge in [-0.2, -0.15) is 0 Å². The van der Waals surface area contributed by atoms with Gasteiger partial charge in [0.15, 0.2) is 18.1 Å². The van der Waals surface area contributed by atoms with Crippen LogP contribution in [0.3, 0.4) is 0 Å². The topological polar surface area (TPSA) is 134 Å². The average molecular weight is 550 g/mol. The van der Waals surface area contributed by atoms with Crippen molar-refractivity contribution in [2.75, 3.05) is 23.9 Å². The van der Waals surface area contributed by atoms with Crippen molar-refractivity contribution in [2.45, 2.75) is 13.8 Å². The fraction of sp³-hybridized carbons (Fsp3) is 0.143. The van der Waals surface area contributed by atoms with Gasteiger partial charge in [0.25, 0.3) is 17.7 Å². The van der Waals surface area contributed by atoms with E-state index in [2.05, 4.69) is 10.6 Å². The van der Waals surface area contributed by atoms with E-state index >= 15 is 0 Å². The van der Waals surface area contributed by atoms with Crippen molar-refractivity contribution in [3.8, 4) is 17.2 Å². The molecule has 3 N–H and O–H groups in total. The zero-order valence-electron chi connectivity index (χ0n) is 21.2. The molecule has 1 saturated heterocycles. The predicted molar refractivity (Wildman–Crippen MR) is 145 cm³/mol. The first-order valence-corrected chi connectivity index (χ1v) is 12.0. The molecule has 0 spiro atoms. The summed E-state index contributed by atoms with van der Waals surface area (Å²) in [5, 5.41) is 14.4. The van der Waals surface area contributed by atoms with E-state index in [0.717, 1.165) is 16.0 Å². The van der Waals surface area contributed by atoms with Crippen LogP contribution >= 0.6 is 11.6 Å². The molecule has 11 heteroatoms. The van der Waals surface area contributed by atoms with Gasteiger partial charge in [0, 0.05) is 5.69 Å². The third kappa shape index (κ3) is 6.02. The van der Waals surface area contributed by atoms with Gasteiger partial charge in [0.2, 0.25) is 0 Å². The Kier molecular flexibility index (Phi) is 7.87. The van der Waals surface area contributed by atoms with E-state index in [1.165, 1.54) is 49.6 Å². The molecule has 3 aromatic rings. The van der Waals surface area contributed by atoms with E-state index in [-0.39, 0.29) is 40.1 Å². The number of methoxy groups -OCH3 is 1. The molecule has 0 saturated carbocycles. The molecule has 1 aliphatic heterocycles. The molecule has 39 heavy (non-hydrogen) atoms. The maximum Gasteiger partial charge on any atom is 0.335 e. The molecule has 4 rings (SSSR count). The number of aryl methyl sites for hydroxylation is 2. The van der Waals surface area contributed by atoms with Crippen LogP contribution in [-0.2, 0) is 14.4 Å². The van der Waals surface area contributed by atoms with Crippen molar-refractivity contribution in [3.05, 3.63) is 81.9 Å². The average Bonchev–Trinajstić information content (AvgIpc) is 2.88. The van der Waals surface area contributed by atoms with Gasteiger partial charge >= 0.3 is 6.03 Å². The van der Waals surface area contributed by atoms with Crippen molar-refractivity contribution in [3.63, 3.8) is 0 Å². The lowest BCUT2D eigenvalue weighted by atomic mass is 10.1. The van der Waals surface area contributed by atoms with Gasteiger partial charge in [-0.3, -0.25) is 19.7 Å². The maximum atomic E-state index is 13.1. The fourth-order valence-corrected chi connectivity index (χ4v) is 4.05. The summed E-state index contributed by atoms with van der Waals surface area (Å²) in [5.74, 6) is -1.97. The Morgan fingerprint density at radius 1 is 1.05 bits per heavy atom. The molecular weight excluding hydrogens is 526 g/mol. The first kappa shape index (κ1) is 27.2. The molecular formula is C28H24ClN3O7. The number of nitrogens with zero attached hydrogens (tertiary/aromatic N) is 1. The van der Waals surface area contributed by atoms with E-state index in [1.54, 1.807) is 6.07 Å². The summed E-state index contributed by atoms with van der Waals surface area (Å²) < 4.78 is 11.0. The smallest absolute Gasteiger partial charge is 0.335 e. The summed E-state index contributed by atoms with van der Waals surface area (Å²) >= 11 is 6.41. The number of ether oxygens (including phenoxy) is 2. The summed E-state index contributed by atoms with van der Waals surface area (Å²) in [5.41, 5.74) is 2.89. The molecule has 200 valence electrons. The first-order valence-electron chi connectivity index (χ1n) is 11.7. The Bertz CT molecular complexity index is 1520. The van der Waals surface area contributed by atoms with Gasteiger partial charge < -0.3 is 19.9 Å². The maximum absolute atomic E-state index is 13.1. The van der Waals surface area contributed by atoms with Crippen LogP contribution in [-0.4, -0.2) is 42.6 Å². The Labute approximate surface area is 228 Å². The Balaban J connectivity index is 1.54. The molecule has 0 radical (unpaired) electrons. The second kappa shape index (κ2) is 11.3. The molecule has 5 amide bonds.